The molecule has 0 unspecified atom stereocenters. The van der Waals surface area contributed by atoms with Gasteiger partial charge in [0.15, 0.2) is 5.13 Å². The number of hydrogen-bond acceptors (Lipinski definition) is 6. The molecule has 1 aliphatic rings. The minimum Gasteiger partial charge on any atom is -0.379 e. The average Bonchev–Trinajstić information content (AvgIpc) is 3.02. The Morgan fingerprint density at radius 2 is 2.17 bits per heavy atom. The van der Waals surface area contributed by atoms with Crippen molar-refractivity contribution in [2.24, 2.45) is 0 Å². The third kappa shape index (κ3) is 5.19. The van der Waals surface area contributed by atoms with Crippen LogP contribution >= 0.6 is 34.7 Å². The van der Waals surface area contributed by atoms with Crippen molar-refractivity contribution in [3.63, 3.8) is 0 Å². The van der Waals surface area contributed by atoms with E-state index in [1.54, 1.807) is 0 Å². The van der Waals surface area contributed by atoms with Crippen molar-refractivity contribution in [2.45, 2.75) is 11.4 Å². The van der Waals surface area contributed by atoms with Gasteiger partial charge in [-0.3, -0.25) is 9.69 Å². The highest BCUT2D eigenvalue weighted by Crippen LogP contribution is 2.26. The molecule has 1 amide bonds. The number of amides is 1. The summed E-state index contributed by atoms with van der Waals surface area (Å²) < 4.78 is 5.34. The highest BCUT2D eigenvalue weighted by Gasteiger charge is 2.13. The van der Waals surface area contributed by atoms with Crippen molar-refractivity contribution in [3.05, 3.63) is 40.4 Å². The maximum absolute atomic E-state index is 12.1. The Balaban J connectivity index is 1.47. The van der Waals surface area contributed by atoms with Crippen LogP contribution in [0.4, 0.5) is 5.13 Å². The number of thiazole rings is 1. The first-order valence-electron chi connectivity index (χ1n) is 7.62. The maximum Gasteiger partial charge on any atom is 0.236 e. The molecule has 1 N–H and O–H groups in total. The fraction of sp³-hybridized carbons (Fsp3) is 0.375. The highest BCUT2D eigenvalue weighted by molar-refractivity contribution is 8.00. The zero-order valence-electron chi connectivity index (χ0n) is 13.0. The smallest absolute Gasteiger partial charge is 0.236 e. The van der Waals surface area contributed by atoms with Gasteiger partial charge in [0, 0.05) is 29.9 Å². The van der Waals surface area contributed by atoms with Crippen molar-refractivity contribution in [1.82, 2.24) is 9.88 Å². The molecule has 8 heteroatoms. The first kappa shape index (κ1) is 17.7. The molecule has 1 aromatic heterocycles. The average molecular weight is 384 g/mol. The molecule has 0 aliphatic carbocycles. The van der Waals surface area contributed by atoms with Gasteiger partial charge in [-0.05, 0) is 12.1 Å². The Labute approximate surface area is 154 Å². The molecule has 1 fully saturated rings. The number of morpholine rings is 1. The van der Waals surface area contributed by atoms with Crippen molar-refractivity contribution < 1.29 is 9.53 Å². The summed E-state index contributed by atoms with van der Waals surface area (Å²) in [6.45, 7) is 4.19. The van der Waals surface area contributed by atoms with Crippen LogP contribution in [0.25, 0.3) is 0 Å². The van der Waals surface area contributed by atoms with Crippen molar-refractivity contribution in [1.29, 1.82) is 0 Å². The summed E-state index contributed by atoms with van der Waals surface area (Å²) in [4.78, 5) is 19.8. The van der Waals surface area contributed by atoms with Gasteiger partial charge in [0.05, 0.1) is 29.7 Å². The zero-order chi connectivity index (χ0) is 16.8. The van der Waals surface area contributed by atoms with Gasteiger partial charge in [0.2, 0.25) is 5.91 Å². The molecule has 0 bridgehead atoms. The molecule has 0 saturated carbocycles. The largest absolute Gasteiger partial charge is 0.379 e. The van der Waals surface area contributed by atoms with Gasteiger partial charge in [0.1, 0.15) is 0 Å². The monoisotopic (exact) mass is 383 g/mol. The number of aromatic nitrogens is 1. The van der Waals surface area contributed by atoms with Crippen LogP contribution < -0.4 is 5.32 Å². The number of nitrogens with zero attached hydrogens (tertiary/aromatic N) is 2. The van der Waals surface area contributed by atoms with Crippen LogP contribution in [0.15, 0.2) is 34.5 Å². The third-order valence-corrected chi connectivity index (χ3v) is 5.80. The molecule has 1 saturated heterocycles. The van der Waals surface area contributed by atoms with Gasteiger partial charge >= 0.3 is 0 Å². The van der Waals surface area contributed by atoms with Crippen molar-refractivity contribution in [3.8, 4) is 0 Å². The fourth-order valence-electron chi connectivity index (χ4n) is 2.29. The summed E-state index contributed by atoms with van der Waals surface area (Å²) >= 11 is 8.96. The molecule has 0 spiro atoms. The second-order valence-electron chi connectivity index (χ2n) is 5.30. The number of carbonyl (C=O) groups is 1. The molecular weight excluding hydrogens is 366 g/mol. The Bertz CT molecular complexity index is 689. The van der Waals surface area contributed by atoms with Gasteiger partial charge in [-0.25, -0.2) is 4.98 Å². The van der Waals surface area contributed by atoms with Gasteiger partial charge < -0.3 is 10.1 Å². The van der Waals surface area contributed by atoms with Crippen LogP contribution in [-0.2, 0) is 16.1 Å². The number of hydrogen-bond donors (Lipinski definition) is 1. The molecule has 1 aromatic carbocycles. The van der Waals surface area contributed by atoms with Crippen molar-refractivity contribution >= 4 is 45.7 Å². The number of nitrogens with one attached hydrogen (secondary N) is 1. The van der Waals surface area contributed by atoms with E-state index in [1.165, 1.54) is 23.1 Å². The number of carbonyl (C=O) groups excluding carboxylic acids is 1. The molecular formula is C16H18ClN3O2S2. The number of benzene rings is 1. The zero-order valence-corrected chi connectivity index (χ0v) is 15.4. The fourth-order valence-corrected chi connectivity index (χ4v) is 4.04. The Hall–Kier alpha value is -1.12. The van der Waals surface area contributed by atoms with E-state index in [2.05, 4.69) is 15.2 Å². The number of thioether (sulfide) groups is 1. The summed E-state index contributed by atoms with van der Waals surface area (Å²) in [5.74, 6) is 0.231. The third-order valence-electron chi connectivity index (χ3n) is 3.48. The molecule has 24 heavy (non-hydrogen) atoms. The SMILES string of the molecule is O=C(CSc1ccccc1Cl)Nc1nc(CN2CCOCC2)cs1. The molecule has 3 rings (SSSR count). The maximum atomic E-state index is 12.1. The van der Waals surface area contributed by atoms with Gasteiger partial charge in [0.25, 0.3) is 0 Å². The second kappa shape index (κ2) is 8.82. The Morgan fingerprint density at radius 3 is 2.96 bits per heavy atom. The lowest BCUT2D eigenvalue weighted by molar-refractivity contribution is -0.113. The lowest BCUT2D eigenvalue weighted by Crippen LogP contribution is -2.35. The Kier molecular flexibility index (Phi) is 6.51. The van der Waals surface area contributed by atoms with Crippen LogP contribution in [0.2, 0.25) is 5.02 Å². The lowest BCUT2D eigenvalue weighted by Gasteiger charge is -2.25. The van der Waals surface area contributed by atoms with E-state index in [1.807, 2.05) is 29.6 Å². The molecule has 5 nitrogen and oxygen atoms in total. The molecule has 1 aliphatic heterocycles. The van der Waals surface area contributed by atoms with Gasteiger partial charge in [-0.1, -0.05) is 23.7 Å². The number of anilines is 1. The first-order valence-corrected chi connectivity index (χ1v) is 9.87. The number of halogens is 1. The minimum atomic E-state index is -0.0767. The van der Waals surface area contributed by atoms with E-state index in [0.717, 1.165) is 43.4 Å². The van der Waals surface area contributed by atoms with E-state index >= 15 is 0 Å². The summed E-state index contributed by atoms with van der Waals surface area (Å²) in [5.41, 5.74) is 0.982. The topological polar surface area (TPSA) is 54.5 Å². The predicted molar refractivity (Wildman–Crippen MR) is 99.0 cm³/mol. The summed E-state index contributed by atoms with van der Waals surface area (Å²) in [5, 5.41) is 6.15. The van der Waals surface area contributed by atoms with Crippen LogP contribution in [-0.4, -0.2) is 47.8 Å². The van der Waals surface area contributed by atoms with E-state index < -0.39 is 0 Å². The molecule has 128 valence electrons. The highest BCUT2D eigenvalue weighted by atomic mass is 35.5. The van der Waals surface area contributed by atoms with E-state index in [-0.39, 0.29) is 5.91 Å². The van der Waals surface area contributed by atoms with Crippen LogP contribution in [0.3, 0.4) is 0 Å². The van der Waals surface area contributed by atoms with E-state index in [0.29, 0.717) is 15.9 Å². The van der Waals surface area contributed by atoms with Crippen LogP contribution in [0, 0.1) is 0 Å². The Morgan fingerprint density at radius 1 is 1.38 bits per heavy atom. The molecule has 2 aromatic rings. The quantitative estimate of drug-likeness (QED) is 0.775. The number of rotatable bonds is 6. The van der Waals surface area contributed by atoms with Crippen LogP contribution in [0.1, 0.15) is 5.69 Å². The van der Waals surface area contributed by atoms with Crippen molar-refractivity contribution in [2.75, 3.05) is 37.4 Å². The molecule has 2 heterocycles. The lowest BCUT2D eigenvalue weighted by atomic mass is 10.4. The second-order valence-corrected chi connectivity index (χ2v) is 7.58. The summed E-state index contributed by atoms with van der Waals surface area (Å²) in [6.07, 6.45) is 0. The molecule has 0 radical (unpaired) electrons. The standard InChI is InChI=1S/C16H18ClN3O2S2/c17-13-3-1-2-4-14(13)23-11-15(21)19-16-18-12(10-24-16)9-20-5-7-22-8-6-20/h1-4,10H,5-9,11H2,(H,18,19,21). The van der Waals surface area contributed by atoms with Crippen LogP contribution in [0.5, 0.6) is 0 Å². The summed E-state index contributed by atoms with van der Waals surface area (Å²) in [6, 6.07) is 7.51. The molecule has 0 atom stereocenters. The predicted octanol–water partition coefficient (Wildman–Crippen LogP) is 3.36. The normalized spacial score (nSPS) is 15.4. The first-order chi connectivity index (χ1) is 11.7. The summed E-state index contributed by atoms with van der Waals surface area (Å²) in [7, 11) is 0. The minimum absolute atomic E-state index is 0.0767. The van der Waals surface area contributed by atoms with E-state index in [9.17, 15) is 4.79 Å². The van der Waals surface area contributed by atoms with Gasteiger partial charge in [-0.2, -0.15) is 0 Å². The van der Waals surface area contributed by atoms with Gasteiger partial charge in [-0.15, -0.1) is 23.1 Å². The van der Waals surface area contributed by atoms with E-state index in [4.69, 9.17) is 16.3 Å². The number of ether oxygens (including phenoxy) is 1.